The molecule has 0 radical (unpaired) electrons. The van der Waals surface area contributed by atoms with Gasteiger partial charge in [0.15, 0.2) is 0 Å². The number of hydrogen-bond donors (Lipinski definition) is 2. The van der Waals surface area contributed by atoms with Crippen LogP contribution in [0.5, 0.6) is 0 Å². The Kier molecular flexibility index (Phi) is 6.25. The molecule has 1 amide bonds. The molecule has 0 fully saturated rings. The molecule has 0 saturated heterocycles. The Balaban J connectivity index is 1.78. The predicted molar refractivity (Wildman–Crippen MR) is 116 cm³/mol. The number of sulfonamides is 1. The van der Waals surface area contributed by atoms with Gasteiger partial charge in [0.2, 0.25) is 0 Å². The molecule has 150 valence electrons. The van der Waals surface area contributed by atoms with Crippen molar-refractivity contribution in [2.75, 3.05) is 4.72 Å². The van der Waals surface area contributed by atoms with Crippen LogP contribution in [-0.2, 0) is 16.6 Å². The molecule has 3 aromatic carbocycles. The molecule has 0 spiro atoms. The number of nitrogens with one attached hydrogen (secondary N) is 2. The second-order valence-electron chi connectivity index (χ2n) is 6.72. The lowest BCUT2D eigenvalue weighted by Gasteiger charge is -2.13. The first-order valence-corrected chi connectivity index (χ1v) is 10.8. The van der Waals surface area contributed by atoms with Crippen LogP contribution < -0.4 is 10.0 Å². The average Bonchev–Trinajstić information content (AvgIpc) is 2.69. The zero-order valence-corrected chi connectivity index (χ0v) is 17.6. The van der Waals surface area contributed by atoms with Gasteiger partial charge in [-0.15, -0.1) is 0 Å². The zero-order valence-electron chi connectivity index (χ0n) is 16.1. The molecule has 0 atom stereocenters. The number of amides is 1. The maximum Gasteiger partial charge on any atom is 0.261 e. The van der Waals surface area contributed by atoms with Crippen molar-refractivity contribution in [2.45, 2.75) is 25.3 Å². The standard InChI is InChI=1S/C22H21ClN2O3S/c1-15-7-11-19(12-8-15)29(27,28)25-21-13-17(10-9-16(21)2)22(26)24-14-18-5-3-4-6-20(18)23/h3-13,25H,14H2,1-2H3,(H,24,26). The predicted octanol–water partition coefficient (Wildman–Crippen LogP) is 4.69. The molecule has 0 aliphatic heterocycles. The molecular formula is C22H21ClN2O3S. The molecule has 0 heterocycles. The smallest absolute Gasteiger partial charge is 0.261 e. The molecule has 0 saturated carbocycles. The second-order valence-corrected chi connectivity index (χ2v) is 8.81. The molecule has 0 aliphatic carbocycles. The summed E-state index contributed by atoms with van der Waals surface area (Å²) in [6, 6.07) is 18.7. The fourth-order valence-electron chi connectivity index (χ4n) is 2.71. The lowest BCUT2D eigenvalue weighted by atomic mass is 10.1. The summed E-state index contributed by atoms with van der Waals surface area (Å²) in [5.74, 6) is -0.319. The van der Waals surface area contributed by atoms with Gasteiger partial charge in [-0.2, -0.15) is 0 Å². The Morgan fingerprint density at radius 3 is 2.34 bits per heavy atom. The van der Waals surface area contributed by atoms with Gasteiger partial charge in [-0.3, -0.25) is 9.52 Å². The van der Waals surface area contributed by atoms with Crippen molar-refractivity contribution in [3.63, 3.8) is 0 Å². The first kappa shape index (κ1) is 20.9. The summed E-state index contributed by atoms with van der Waals surface area (Å²) in [5, 5.41) is 3.38. The van der Waals surface area contributed by atoms with Gasteiger partial charge in [-0.25, -0.2) is 8.42 Å². The van der Waals surface area contributed by atoms with Crippen LogP contribution in [0.4, 0.5) is 5.69 Å². The molecule has 0 bridgehead atoms. The molecule has 2 N–H and O–H groups in total. The van der Waals surface area contributed by atoms with Gasteiger partial charge in [0.05, 0.1) is 10.6 Å². The molecule has 3 rings (SSSR count). The molecule has 0 aliphatic rings. The molecular weight excluding hydrogens is 408 g/mol. The Morgan fingerprint density at radius 1 is 0.966 bits per heavy atom. The third kappa shape index (κ3) is 5.16. The summed E-state index contributed by atoms with van der Waals surface area (Å²) < 4.78 is 27.9. The lowest BCUT2D eigenvalue weighted by Crippen LogP contribution is -2.23. The molecule has 29 heavy (non-hydrogen) atoms. The van der Waals surface area contributed by atoms with Crippen molar-refractivity contribution in [1.82, 2.24) is 5.32 Å². The van der Waals surface area contributed by atoms with Gasteiger partial charge in [0.1, 0.15) is 0 Å². The Bertz CT molecular complexity index is 1140. The van der Waals surface area contributed by atoms with E-state index < -0.39 is 10.0 Å². The van der Waals surface area contributed by atoms with Crippen molar-refractivity contribution in [3.05, 3.63) is 94.0 Å². The number of anilines is 1. The van der Waals surface area contributed by atoms with E-state index in [0.717, 1.165) is 11.1 Å². The maximum absolute atomic E-state index is 12.7. The highest BCUT2D eigenvalue weighted by atomic mass is 35.5. The SMILES string of the molecule is Cc1ccc(S(=O)(=O)Nc2cc(C(=O)NCc3ccccc3Cl)ccc2C)cc1. The maximum atomic E-state index is 12.7. The number of hydrogen-bond acceptors (Lipinski definition) is 3. The first-order chi connectivity index (χ1) is 13.8. The highest BCUT2D eigenvalue weighted by Crippen LogP contribution is 2.22. The van der Waals surface area contributed by atoms with Crippen molar-refractivity contribution < 1.29 is 13.2 Å². The van der Waals surface area contributed by atoms with Crippen LogP contribution in [0.15, 0.2) is 71.6 Å². The molecule has 0 unspecified atom stereocenters. The number of carbonyl (C=O) groups excluding carboxylic acids is 1. The minimum absolute atomic E-state index is 0.163. The van der Waals surface area contributed by atoms with Crippen LogP contribution in [0.1, 0.15) is 27.0 Å². The van der Waals surface area contributed by atoms with E-state index in [1.54, 1.807) is 49.4 Å². The average molecular weight is 429 g/mol. The van der Waals surface area contributed by atoms with Crippen LogP contribution in [-0.4, -0.2) is 14.3 Å². The van der Waals surface area contributed by atoms with E-state index in [1.807, 2.05) is 25.1 Å². The van der Waals surface area contributed by atoms with Crippen molar-refractivity contribution in [3.8, 4) is 0 Å². The fraction of sp³-hybridized carbons (Fsp3) is 0.136. The minimum Gasteiger partial charge on any atom is -0.348 e. The number of benzene rings is 3. The Labute approximate surface area is 175 Å². The van der Waals surface area contributed by atoms with Gasteiger partial charge < -0.3 is 5.32 Å². The lowest BCUT2D eigenvalue weighted by molar-refractivity contribution is 0.0951. The summed E-state index contributed by atoms with van der Waals surface area (Å²) in [6.45, 7) is 3.94. The van der Waals surface area contributed by atoms with Gasteiger partial charge in [0, 0.05) is 17.1 Å². The van der Waals surface area contributed by atoms with E-state index >= 15 is 0 Å². The van der Waals surface area contributed by atoms with Crippen LogP contribution in [0.3, 0.4) is 0 Å². The minimum atomic E-state index is -3.76. The van der Waals surface area contributed by atoms with Gasteiger partial charge in [-0.05, 0) is 55.3 Å². The second kappa shape index (κ2) is 8.68. The van der Waals surface area contributed by atoms with E-state index in [2.05, 4.69) is 10.0 Å². The van der Waals surface area contributed by atoms with Crippen LogP contribution in [0.25, 0.3) is 0 Å². The summed E-state index contributed by atoms with van der Waals surface area (Å²) in [6.07, 6.45) is 0. The third-order valence-corrected chi connectivity index (χ3v) is 6.22. The summed E-state index contributed by atoms with van der Waals surface area (Å²) in [4.78, 5) is 12.7. The molecule has 0 aromatic heterocycles. The highest BCUT2D eigenvalue weighted by Gasteiger charge is 2.16. The normalized spacial score (nSPS) is 11.1. The van der Waals surface area contributed by atoms with Gasteiger partial charge in [0.25, 0.3) is 15.9 Å². The van der Waals surface area contributed by atoms with Crippen molar-refractivity contribution >= 4 is 33.2 Å². The highest BCUT2D eigenvalue weighted by molar-refractivity contribution is 7.92. The summed E-state index contributed by atoms with van der Waals surface area (Å²) in [5.41, 5.74) is 3.19. The number of rotatable bonds is 6. The van der Waals surface area contributed by atoms with E-state index in [4.69, 9.17) is 11.6 Å². The topological polar surface area (TPSA) is 75.3 Å². The van der Waals surface area contributed by atoms with Gasteiger partial charge in [-0.1, -0.05) is 53.6 Å². The summed E-state index contributed by atoms with van der Waals surface area (Å²) >= 11 is 6.11. The van der Waals surface area contributed by atoms with E-state index in [-0.39, 0.29) is 17.3 Å². The monoisotopic (exact) mass is 428 g/mol. The van der Waals surface area contributed by atoms with E-state index in [9.17, 15) is 13.2 Å². The van der Waals surface area contributed by atoms with Crippen LogP contribution in [0, 0.1) is 13.8 Å². The molecule has 5 nitrogen and oxygen atoms in total. The Hall–Kier alpha value is -2.83. The molecule has 3 aromatic rings. The third-order valence-electron chi connectivity index (χ3n) is 4.47. The molecule has 7 heteroatoms. The largest absolute Gasteiger partial charge is 0.348 e. The number of halogens is 1. The quantitative estimate of drug-likeness (QED) is 0.598. The fourth-order valence-corrected chi connectivity index (χ4v) is 4.04. The Morgan fingerprint density at radius 2 is 1.66 bits per heavy atom. The zero-order chi connectivity index (χ0) is 21.0. The number of aryl methyl sites for hydroxylation is 2. The van der Waals surface area contributed by atoms with E-state index in [1.165, 1.54) is 6.07 Å². The van der Waals surface area contributed by atoms with Gasteiger partial charge >= 0.3 is 0 Å². The van der Waals surface area contributed by atoms with Crippen LogP contribution in [0.2, 0.25) is 5.02 Å². The first-order valence-electron chi connectivity index (χ1n) is 8.98. The van der Waals surface area contributed by atoms with Crippen molar-refractivity contribution in [1.29, 1.82) is 0 Å². The van der Waals surface area contributed by atoms with Crippen molar-refractivity contribution in [2.24, 2.45) is 0 Å². The van der Waals surface area contributed by atoms with E-state index in [0.29, 0.717) is 21.8 Å². The summed E-state index contributed by atoms with van der Waals surface area (Å²) in [7, 11) is -3.76. The van der Waals surface area contributed by atoms with Crippen LogP contribution >= 0.6 is 11.6 Å². The number of carbonyl (C=O) groups is 1.